The lowest BCUT2D eigenvalue weighted by molar-refractivity contribution is -0.116. The summed E-state index contributed by atoms with van der Waals surface area (Å²) in [6.07, 6.45) is 1.42. The van der Waals surface area contributed by atoms with Crippen LogP contribution < -0.4 is 15.6 Å². The number of methoxy groups -OCH3 is 1. The summed E-state index contributed by atoms with van der Waals surface area (Å²) in [4.78, 5) is 32.8. The molecule has 0 bridgehead atoms. The maximum absolute atomic E-state index is 13.0. The first kappa shape index (κ1) is 18.4. The normalized spacial score (nSPS) is 10.9. The summed E-state index contributed by atoms with van der Waals surface area (Å²) in [5, 5.41) is 5.28. The highest BCUT2D eigenvalue weighted by molar-refractivity contribution is 7.19. The van der Waals surface area contributed by atoms with Crippen molar-refractivity contribution in [3.05, 3.63) is 63.3 Å². The highest BCUT2D eigenvalue weighted by atomic mass is 32.1. The van der Waals surface area contributed by atoms with Gasteiger partial charge in [-0.25, -0.2) is 4.98 Å². The molecular formula is C20H17N3O3S2. The third kappa shape index (κ3) is 3.44. The lowest BCUT2D eigenvalue weighted by atomic mass is 10.2. The van der Waals surface area contributed by atoms with Gasteiger partial charge in [-0.15, -0.1) is 22.7 Å². The summed E-state index contributed by atoms with van der Waals surface area (Å²) in [7, 11) is 1.54. The van der Waals surface area contributed by atoms with Crippen molar-refractivity contribution >= 4 is 44.5 Å². The Balaban J connectivity index is 1.65. The smallest absolute Gasteiger partial charge is 0.263 e. The summed E-state index contributed by atoms with van der Waals surface area (Å²) in [6.45, 7) is 1.90. The Bertz CT molecular complexity index is 1220. The molecule has 1 aromatic carbocycles. The standard InChI is InChI=1S/C20H17N3O3S2/c1-12-7-8-16(28-12)13-10-27-19-18(13)20(25)23(11-21-19)9-17(24)22-14-5-3-4-6-15(14)26-2/h3-8,10-11H,9H2,1-2H3,(H,22,24). The SMILES string of the molecule is COc1ccccc1NC(=O)Cn1cnc2scc(-c3ccc(C)s3)c2c1=O. The summed E-state index contributed by atoms with van der Waals surface area (Å²) in [5.41, 5.74) is 1.21. The zero-order chi connectivity index (χ0) is 19.7. The molecule has 0 atom stereocenters. The van der Waals surface area contributed by atoms with E-state index in [0.717, 1.165) is 10.4 Å². The Morgan fingerprint density at radius 2 is 2.07 bits per heavy atom. The minimum atomic E-state index is -0.323. The van der Waals surface area contributed by atoms with Crippen LogP contribution in [0.3, 0.4) is 0 Å². The fourth-order valence-electron chi connectivity index (χ4n) is 2.93. The number of aromatic nitrogens is 2. The molecule has 0 saturated heterocycles. The summed E-state index contributed by atoms with van der Waals surface area (Å²) >= 11 is 3.06. The van der Waals surface area contributed by atoms with E-state index in [9.17, 15) is 9.59 Å². The van der Waals surface area contributed by atoms with Gasteiger partial charge in [0.25, 0.3) is 5.56 Å². The van der Waals surface area contributed by atoms with Crippen LogP contribution in [-0.2, 0) is 11.3 Å². The average Bonchev–Trinajstić information content (AvgIpc) is 3.31. The number of fused-ring (bicyclic) bond motifs is 1. The molecule has 0 aliphatic heterocycles. The largest absolute Gasteiger partial charge is 0.495 e. The number of rotatable bonds is 5. The van der Waals surface area contributed by atoms with Crippen LogP contribution >= 0.6 is 22.7 Å². The second kappa shape index (κ2) is 7.57. The Hall–Kier alpha value is -2.97. The Morgan fingerprint density at radius 1 is 1.25 bits per heavy atom. The number of anilines is 1. The van der Waals surface area contributed by atoms with E-state index in [4.69, 9.17) is 4.74 Å². The Morgan fingerprint density at radius 3 is 2.82 bits per heavy atom. The number of ether oxygens (including phenoxy) is 1. The van der Waals surface area contributed by atoms with E-state index in [1.165, 1.54) is 34.2 Å². The molecule has 4 rings (SSSR count). The van der Waals surface area contributed by atoms with Crippen molar-refractivity contribution in [2.24, 2.45) is 0 Å². The van der Waals surface area contributed by atoms with E-state index < -0.39 is 0 Å². The van der Waals surface area contributed by atoms with Crippen LogP contribution in [0, 0.1) is 6.92 Å². The van der Waals surface area contributed by atoms with E-state index in [1.807, 2.05) is 30.5 Å². The number of carbonyl (C=O) groups excluding carboxylic acids is 1. The third-order valence-electron chi connectivity index (χ3n) is 4.26. The molecule has 0 unspecified atom stereocenters. The van der Waals surface area contributed by atoms with Crippen molar-refractivity contribution in [2.45, 2.75) is 13.5 Å². The molecule has 142 valence electrons. The summed E-state index contributed by atoms with van der Waals surface area (Å²) in [6, 6.07) is 11.2. The lowest BCUT2D eigenvalue weighted by Gasteiger charge is -2.10. The molecule has 0 radical (unpaired) electrons. The first-order valence-electron chi connectivity index (χ1n) is 8.53. The first-order valence-corrected chi connectivity index (χ1v) is 10.2. The molecule has 8 heteroatoms. The van der Waals surface area contributed by atoms with Gasteiger partial charge in [0.15, 0.2) is 0 Å². The molecule has 1 amide bonds. The van der Waals surface area contributed by atoms with Gasteiger partial charge in [0, 0.05) is 20.7 Å². The van der Waals surface area contributed by atoms with Crippen molar-refractivity contribution in [3.8, 4) is 16.2 Å². The fourth-order valence-corrected chi connectivity index (χ4v) is 4.80. The second-order valence-corrected chi connectivity index (χ2v) is 8.31. The van der Waals surface area contributed by atoms with Crippen LogP contribution in [0.4, 0.5) is 5.69 Å². The van der Waals surface area contributed by atoms with E-state index in [-0.39, 0.29) is 18.0 Å². The minimum absolute atomic E-state index is 0.126. The number of nitrogens with zero attached hydrogens (tertiary/aromatic N) is 2. The predicted molar refractivity (Wildman–Crippen MR) is 114 cm³/mol. The van der Waals surface area contributed by atoms with Gasteiger partial charge in [0.05, 0.1) is 24.5 Å². The molecular weight excluding hydrogens is 394 g/mol. The summed E-state index contributed by atoms with van der Waals surface area (Å²) in [5.74, 6) is 0.237. The monoisotopic (exact) mass is 411 g/mol. The quantitative estimate of drug-likeness (QED) is 0.536. The highest BCUT2D eigenvalue weighted by Gasteiger charge is 2.16. The molecule has 0 aliphatic carbocycles. The number of hydrogen-bond donors (Lipinski definition) is 1. The van der Waals surface area contributed by atoms with Crippen molar-refractivity contribution in [3.63, 3.8) is 0 Å². The van der Waals surface area contributed by atoms with Gasteiger partial charge in [0.1, 0.15) is 17.1 Å². The fraction of sp³-hybridized carbons (Fsp3) is 0.150. The van der Waals surface area contributed by atoms with Crippen LogP contribution in [-0.4, -0.2) is 22.6 Å². The number of carbonyl (C=O) groups is 1. The van der Waals surface area contributed by atoms with Gasteiger partial charge >= 0.3 is 0 Å². The van der Waals surface area contributed by atoms with Gasteiger partial charge in [0.2, 0.25) is 5.91 Å². The van der Waals surface area contributed by atoms with Gasteiger partial charge in [-0.1, -0.05) is 12.1 Å². The zero-order valence-corrected chi connectivity index (χ0v) is 16.9. The molecule has 3 heterocycles. The molecule has 6 nitrogen and oxygen atoms in total. The number of amides is 1. The maximum Gasteiger partial charge on any atom is 0.263 e. The van der Waals surface area contributed by atoms with Gasteiger partial charge in [-0.2, -0.15) is 0 Å². The minimum Gasteiger partial charge on any atom is -0.495 e. The van der Waals surface area contributed by atoms with Crippen LogP contribution in [0.15, 0.2) is 52.9 Å². The van der Waals surface area contributed by atoms with Crippen molar-refractivity contribution in [1.29, 1.82) is 0 Å². The van der Waals surface area contributed by atoms with E-state index in [2.05, 4.69) is 10.3 Å². The number of aryl methyl sites for hydroxylation is 1. The molecule has 28 heavy (non-hydrogen) atoms. The number of nitrogens with one attached hydrogen (secondary N) is 1. The topological polar surface area (TPSA) is 73.2 Å². The molecule has 3 aromatic heterocycles. The van der Waals surface area contributed by atoms with E-state index in [0.29, 0.717) is 21.7 Å². The molecule has 0 aliphatic rings. The van der Waals surface area contributed by atoms with E-state index in [1.54, 1.807) is 29.5 Å². The molecule has 1 N–H and O–H groups in total. The van der Waals surface area contributed by atoms with Crippen molar-refractivity contribution < 1.29 is 9.53 Å². The lowest BCUT2D eigenvalue weighted by Crippen LogP contribution is -2.27. The molecule has 0 spiro atoms. The van der Waals surface area contributed by atoms with Crippen LogP contribution in [0.25, 0.3) is 20.7 Å². The van der Waals surface area contributed by atoms with Crippen molar-refractivity contribution in [2.75, 3.05) is 12.4 Å². The summed E-state index contributed by atoms with van der Waals surface area (Å²) < 4.78 is 6.58. The number of para-hydroxylation sites is 2. The van der Waals surface area contributed by atoms with Crippen LogP contribution in [0.5, 0.6) is 5.75 Å². The molecule has 4 aromatic rings. The molecule has 0 saturated carbocycles. The first-order chi connectivity index (χ1) is 13.6. The maximum atomic E-state index is 13.0. The van der Waals surface area contributed by atoms with E-state index >= 15 is 0 Å². The van der Waals surface area contributed by atoms with Crippen molar-refractivity contribution in [1.82, 2.24) is 9.55 Å². The average molecular weight is 412 g/mol. The number of hydrogen-bond acceptors (Lipinski definition) is 6. The zero-order valence-electron chi connectivity index (χ0n) is 15.3. The van der Waals surface area contributed by atoms with Gasteiger partial charge < -0.3 is 10.1 Å². The second-order valence-electron chi connectivity index (χ2n) is 6.17. The number of thiophene rings is 2. The van der Waals surface area contributed by atoms with Crippen LogP contribution in [0.1, 0.15) is 4.88 Å². The predicted octanol–water partition coefficient (Wildman–Crippen LogP) is 4.14. The number of benzene rings is 1. The van der Waals surface area contributed by atoms with Crippen LogP contribution in [0.2, 0.25) is 0 Å². The Kier molecular flexibility index (Phi) is 4.97. The van der Waals surface area contributed by atoms with Gasteiger partial charge in [-0.05, 0) is 31.2 Å². The highest BCUT2D eigenvalue weighted by Crippen LogP contribution is 2.34. The van der Waals surface area contributed by atoms with Gasteiger partial charge in [-0.3, -0.25) is 14.2 Å². The Labute approximate surface area is 169 Å². The molecule has 0 fully saturated rings. The third-order valence-corrected chi connectivity index (χ3v) is 6.18.